The molecule has 3 heteroatoms. The van der Waals surface area contributed by atoms with Crippen LogP contribution in [0.5, 0.6) is 0 Å². The van der Waals surface area contributed by atoms with Crippen molar-refractivity contribution in [2.75, 3.05) is 0 Å². The fraction of sp³-hybridized carbons (Fsp3) is 0.968. The van der Waals surface area contributed by atoms with E-state index in [1.807, 2.05) is 6.92 Å². The lowest BCUT2D eigenvalue weighted by Crippen LogP contribution is -2.19. The number of unbranched alkanes of at least 4 members (excludes halogenated alkanes) is 16. The molecular weight excluding hydrogens is 420 g/mol. The molecule has 3 atom stereocenters. The van der Waals surface area contributed by atoms with Gasteiger partial charge < -0.3 is 9.84 Å². The van der Waals surface area contributed by atoms with Crippen molar-refractivity contribution in [3.63, 3.8) is 0 Å². The molecule has 0 aromatic rings. The van der Waals surface area contributed by atoms with Gasteiger partial charge in [0.1, 0.15) is 0 Å². The van der Waals surface area contributed by atoms with E-state index in [1.54, 1.807) is 6.92 Å². The summed E-state index contributed by atoms with van der Waals surface area (Å²) in [6.45, 7) is 8.30. The zero-order chi connectivity index (χ0) is 25.3. The number of carbonyl (C=O) groups excluding carboxylic acids is 1. The molecule has 0 fully saturated rings. The highest BCUT2D eigenvalue weighted by molar-refractivity contribution is 5.69. The number of carbonyl (C=O) groups is 1. The summed E-state index contributed by atoms with van der Waals surface area (Å²) in [5.74, 6) is 0.445. The number of hydrogen-bond acceptors (Lipinski definition) is 3. The number of hydrogen-bond donors (Lipinski definition) is 1. The van der Waals surface area contributed by atoms with E-state index in [1.165, 1.54) is 128 Å². The molecule has 0 aliphatic carbocycles. The maximum Gasteiger partial charge on any atom is 0.306 e. The van der Waals surface area contributed by atoms with Crippen molar-refractivity contribution >= 4 is 5.97 Å². The molecule has 204 valence electrons. The van der Waals surface area contributed by atoms with E-state index in [-0.39, 0.29) is 18.2 Å². The molecule has 0 rings (SSSR count). The molecule has 0 heterocycles. The monoisotopic (exact) mass is 482 g/mol. The Morgan fingerprint density at radius 1 is 0.588 bits per heavy atom. The number of esters is 1. The van der Waals surface area contributed by atoms with Gasteiger partial charge in [0.05, 0.1) is 12.2 Å². The second kappa shape index (κ2) is 25.5. The van der Waals surface area contributed by atoms with Crippen LogP contribution in [0.3, 0.4) is 0 Å². The molecule has 0 bridgehead atoms. The minimum Gasteiger partial charge on any atom is -0.463 e. The average Bonchev–Trinajstić information content (AvgIpc) is 2.80. The van der Waals surface area contributed by atoms with Crippen molar-refractivity contribution in [3.8, 4) is 0 Å². The molecule has 0 aromatic heterocycles. The quantitative estimate of drug-likeness (QED) is 0.0985. The minimum absolute atomic E-state index is 0.0327. The lowest BCUT2D eigenvalue weighted by atomic mass is 9.91. The lowest BCUT2D eigenvalue weighted by molar-refractivity contribution is -0.150. The largest absolute Gasteiger partial charge is 0.463 e. The molecule has 3 nitrogen and oxygen atoms in total. The van der Waals surface area contributed by atoms with Gasteiger partial charge in [0.25, 0.3) is 0 Å². The molecule has 1 N–H and O–H groups in total. The second-order valence-corrected chi connectivity index (χ2v) is 11.0. The van der Waals surface area contributed by atoms with Crippen LogP contribution in [0.4, 0.5) is 0 Å². The van der Waals surface area contributed by atoms with Crippen molar-refractivity contribution in [2.45, 2.75) is 188 Å². The van der Waals surface area contributed by atoms with Crippen LogP contribution in [0, 0.1) is 5.92 Å². The summed E-state index contributed by atoms with van der Waals surface area (Å²) < 4.78 is 5.66. The summed E-state index contributed by atoms with van der Waals surface area (Å²) >= 11 is 0. The van der Waals surface area contributed by atoms with E-state index < -0.39 is 0 Å². The maximum absolute atomic E-state index is 12.5. The molecular formula is C31H62O3. The second-order valence-electron chi connectivity index (χ2n) is 11.0. The summed E-state index contributed by atoms with van der Waals surface area (Å²) in [6, 6.07) is 0. The van der Waals surface area contributed by atoms with E-state index in [0.717, 1.165) is 6.42 Å². The third-order valence-corrected chi connectivity index (χ3v) is 7.21. The highest BCUT2D eigenvalue weighted by atomic mass is 16.5. The molecule has 3 unspecified atom stereocenters. The highest BCUT2D eigenvalue weighted by Crippen LogP contribution is 2.23. The van der Waals surface area contributed by atoms with Gasteiger partial charge in [0.2, 0.25) is 0 Å². The van der Waals surface area contributed by atoms with Crippen molar-refractivity contribution < 1.29 is 14.6 Å². The standard InChI is InChI=1S/C31H62O3/c1-5-7-9-11-13-15-16-18-20-22-24-30(23-21-19-17-14-12-10-8-6-2)27-31(33)34-29(4)26-25-28(3)32/h28-30,32H,5-27H2,1-4H3. The zero-order valence-electron chi connectivity index (χ0n) is 23.8. The third kappa shape index (κ3) is 24.6. The van der Waals surface area contributed by atoms with Gasteiger partial charge in [-0.15, -0.1) is 0 Å². The topological polar surface area (TPSA) is 46.5 Å². The third-order valence-electron chi connectivity index (χ3n) is 7.21. The molecule has 0 saturated carbocycles. The first kappa shape index (κ1) is 33.4. The Kier molecular flexibility index (Phi) is 25.1. The van der Waals surface area contributed by atoms with Gasteiger partial charge in [0, 0.05) is 6.42 Å². The minimum atomic E-state index is -0.327. The van der Waals surface area contributed by atoms with Crippen LogP contribution >= 0.6 is 0 Å². The van der Waals surface area contributed by atoms with Gasteiger partial charge in [0.15, 0.2) is 0 Å². The predicted molar refractivity (Wildman–Crippen MR) is 148 cm³/mol. The van der Waals surface area contributed by atoms with E-state index in [4.69, 9.17) is 4.74 Å². The van der Waals surface area contributed by atoms with Crippen LogP contribution in [-0.2, 0) is 9.53 Å². The molecule has 0 aliphatic heterocycles. The van der Waals surface area contributed by atoms with Gasteiger partial charge in [-0.3, -0.25) is 4.79 Å². The maximum atomic E-state index is 12.5. The van der Waals surface area contributed by atoms with Crippen LogP contribution in [0.15, 0.2) is 0 Å². The van der Waals surface area contributed by atoms with Crippen LogP contribution in [0.25, 0.3) is 0 Å². The molecule has 0 radical (unpaired) electrons. The number of ether oxygens (including phenoxy) is 1. The Morgan fingerprint density at radius 3 is 1.35 bits per heavy atom. The Labute approximate surface area is 214 Å². The fourth-order valence-electron chi connectivity index (χ4n) is 4.88. The van der Waals surface area contributed by atoms with E-state index in [9.17, 15) is 9.90 Å². The summed E-state index contributed by atoms with van der Waals surface area (Å²) in [5.41, 5.74) is 0. The Hall–Kier alpha value is -0.570. The van der Waals surface area contributed by atoms with Crippen molar-refractivity contribution in [1.29, 1.82) is 0 Å². The first-order valence-electron chi connectivity index (χ1n) is 15.4. The lowest BCUT2D eigenvalue weighted by Gasteiger charge is -2.19. The summed E-state index contributed by atoms with van der Waals surface area (Å²) in [4.78, 5) is 12.5. The van der Waals surface area contributed by atoms with E-state index in [2.05, 4.69) is 13.8 Å². The van der Waals surface area contributed by atoms with Crippen molar-refractivity contribution in [1.82, 2.24) is 0 Å². The average molecular weight is 483 g/mol. The van der Waals surface area contributed by atoms with Gasteiger partial charge in [-0.25, -0.2) is 0 Å². The molecule has 0 spiro atoms. The Morgan fingerprint density at radius 2 is 0.971 bits per heavy atom. The van der Waals surface area contributed by atoms with Gasteiger partial charge in [-0.1, -0.05) is 129 Å². The van der Waals surface area contributed by atoms with Crippen LogP contribution < -0.4 is 0 Å². The molecule has 0 aliphatic rings. The molecule has 34 heavy (non-hydrogen) atoms. The first-order chi connectivity index (χ1) is 16.5. The Balaban J connectivity index is 4.15. The molecule has 0 saturated heterocycles. The van der Waals surface area contributed by atoms with E-state index >= 15 is 0 Å². The van der Waals surface area contributed by atoms with E-state index in [0.29, 0.717) is 18.8 Å². The molecule has 0 amide bonds. The predicted octanol–water partition coefficient (Wildman–Crippen LogP) is 9.93. The fourth-order valence-corrected chi connectivity index (χ4v) is 4.88. The van der Waals surface area contributed by atoms with Crippen molar-refractivity contribution in [2.24, 2.45) is 5.92 Å². The van der Waals surface area contributed by atoms with Gasteiger partial charge in [-0.05, 0) is 45.4 Å². The Bertz CT molecular complexity index is 421. The summed E-state index contributed by atoms with van der Waals surface area (Å²) in [5, 5.41) is 9.46. The normalized spacial score (nSPS) is 14.1. The van der Waals surface area contributed by atoms with Gasteiger partial charge >= 0.3 is 5.97 Å². The van der Waals surface area contributed by atoms with Crippen LogP contribution in [0.1, 0.15) is 175 Å². The van der Waals surface area contributed by atoms with Crippen LogP contribution in [0.2, 0.25) is 0 Å². The first-order valence-corrected chi connectivity index (χ1v) is 15.4. The number of rotatable bonds is 26. The summed E-state index contributed by atoms with van der Waals surface area (Å²) in [6.07, 6.45) is 28.3. The highest BCUT2D eigenvalue weighted by Gasteiger charge is 2.17. The number of aliphatic hydroxyl groups is 1. The summed E-state index contributed by atoms with van der Waals surface area (Å²) in [7, 11) is 0. The SMILES string of the molecule is CCCCCCCCCCCCC(CCCCCCCCCC)CC(=O)OC(C)CCC(C)O. The van der Waals surface area contributed by atoms with Gasteiger partial charge in [-0.2, -0.15) is 0 Å². The smallest absolute Gasteiger partial charge is 0.306 e. The zero-order valence-corrected chi connectivity index (χ0v) is 23.8. The number of aliphatic hydroxyl groups excluding tert-OH is 1. The molecule has 0 aromatic carbocycles. The van der Waals surface area contributed by atoms with Crippen molar-refractivity contribution in [3.05, 3.63) is 0 Å². The van der Waals surface area contributed by atoms with Crippen LogP contribution in [-0.4, -0.2) is 23.3 Å².